The van der Waals surface area contributed by atoms with Gasteiger partial charge in [0.2, 0.25) is 16.0 Å². The third-order valence-corrected chi connectivity index (χ3v) is 10.2. The minimum Gasteiger partial charge on any atom is -0.495 e. The zero-order chi connectivity index (χ0) is 33.4. The number of benzene rings is 2. The predicted octanol–water partition coefficient (Wildman–Crippen LogP) is 4.48. The Labute approximate surface area is 269 Å². The van der Waals surface area contributed by atoms with Crippen LogP contribution < -0.4 is 15.4 Å². The first-order chi connectivity index (χ1) is 21.7. The lowest BCUT2D eigenvalue weighted by atomic mass is 10.0. The maximum atomic E-state index is 14.9. The number of alkyl halides is 2. The highest BCUT2D eigenvalue weighted by Gasteiger charge is 2.40. The van der Waals surface area contributed by atoms with Crippen molar-refractivity contribution in [2.75, 3.05) is 58.2 Å². The Morgan fingerprint density at radius 1 is 1.13 bits per heavy atom. The number of fused-ring (bicyclic) bond motifs is 1. The van der Waals surface area contributed by atoms with Crippen LogP contribution in [0.3, 0.4) is 0 Å². The van der Waals surface area contributed by atoms with Crippen LogP contribution in [0.15, 0.2) is 48.7 Å². The fraction of sp³-hybridized carbons (Fsp3) is 0.469. The average Bonchev–Trinajstić information content (AvgIpc) is 3.36. The van der Waals surface area contributed by atoms with Gasteiger partial charge in [0.1, 0.15) is 11.6 Å². The first-order valence-electron chi connectivity index (χ1n) is 15.1. The number of nitrogens with zero attached hydrogens (tertiary/aromatic N) is 5. The Hall–Kier alpha value is -3.88. The lowest BCUT2D eigenvalue weighted by Crippen LogP contribution is -2.44. The van der Waals surface area contributed by atoms with E-state index >= 15 is 0 Å². The van der Waals surface area contributed by atoms with Crippen LogP contribution in [0.5, 0.6) is 5.75 Å². The van der Waals surface area contributed by atoms with Gasteiger partial charge in [-0.2, -0.15) is 9.29 Å². The standard InChI is InChI=1S/C32H41F2N7O4S/c1-32(33,34)24-19-35-31(38-29(24)36-26-17-20-9-7-8-10-23(20)28(26)41(4)46(6,43)44)37-25-18-21(11-12-27(25)45-5)30(42)40(3)22-13-15-39(2)16-14-22/h7-12,18-19,22,26,28H,13-17H2,1-6H3,(H2,35,36,37,38). The second-order valence-corrected chi connectivity index (χ2v) is 14.3. The molecule has 5 rings (SSSR count). The van der Waals surface area contributed by atoms with Crippen LogP contribution in [-0.4, -0.2) is 98.1 Å². The highest BCUT2D eigenvalue weighted by molar-refractivity contribution is 7.88. The molecule has 2 N–H and O–H groups in total. The molecule has 1 aliphatic carbocycles. The first kappa shape index (κ1) is 33.5. The SMILES string of the molecule is COc1ccc(C(=O)N(C)C2CCN(C)CC2)cc1Nc1ncc(C(C)(F)F)c(NC2Cc3ccccc3C2N(C)S(C)(=O)=O)n1. The van der Waals surface area contributed by atoms with Crippen molar-refractivity contribution in [1.29, 1.82) is 0 Å². The summed E-state index contributed by atoms with van der Waals surface area (Å²) in [5.41, 5.74) is 2.08. The fourth-order valence-corrected chi connectivity index (χ4v) is 6.89. The minimum atomic E-state index is -3.62. The van der Waals surface area contributed by atoms with E-state index in [4.69, 9.17) is 4.74 Å². The number of aromatic nitrogens is 2. The highest BCUT2D eigenvalue weighted by Crippen LogP contribution is 2.40. The number of nitrogens with one attached hydrogen (secondary N) is 2. The minimum absolute atomic E-state index is 0.00870. The molecule has 14 heteroatoms. The number of sulfonamides is 1. The predicted molar refractivity (Wildman–Crippen MR) is 173 cm³/mol. The molecule has 11 nitrogen and oxygen atoms in total. The smallest absolute Gasteiger partial charge is 0.275 e. The number of ether oxygens (including phenoxy) is 1. The topological polar surface area (TPSA) is 120 Å². The molecule has 1 aliphatic heterocycles. The number of piperidine rings is 1. The second-order valence-electron chi connectivity index (χ2n) is 12.2. The van der Waals surface area contributed by atoms with Crippen LogP contribution in [0, 0.1) is 0 Å². The van der Waals surface area contributed by atoms with Gasteiger partial charge in [-0.1, -0.05) is 24.3 Å². The first-order valence-corrected chi connectivity index (χ1v) is 17.0. The number of carbonyl (C=O) groups is 1. The quantitative estimate of drug-likeness (QED) is 0.325. The zero-order valence-electron chi connectivity index (χ0n) is 26.9. The van der Waals surface area contributed by atoms with Crippen LogP contribution in [0.25, 0.3) is 0 Å². The molecule has 1 amide bonds. The number of rotatable bonds is 10. The summed E-state index contributed by atoms with van der Waals surface area (Å²) in [4.78, 5) is 26.1. The van der Waals surface area contributed by atoms with Gasteiger partial charge in [0.05, 0.1) is 36.7 Å². The summed E-state index contributed by atoms with van der Waals surface area (Å²) in [7, 11) is 3.20. The molecule has 2 unspecified atom stereocenters. The maximum Gasteiger partial charge on any atom is 0.275 e. The zero-order valence-corrected chi connectivity index (χ0v) is 27.7. The molecular weight excluding hydrogens is 616 g/mol. The van der Waals surface area contributed by atoms with Crippen LogP contribution in [-0.2, 0) is 22.4 Å². The molecule has 0 bridgehead atoms. The van der Waals surface area contributed by atoms with Crippen molar-refractivity contribution in [3.8, 4) is 5.75 Å². The highest BCUT2D eigenvalue weighted by atomic mass is 32.2. The molecule has 1 fully saturated rings. The molecule has 2 aromatic carbocycles. The number of amides is 1. The van der Waals surface area contributed by atoms with Gasteiger partial charge in [-0.15, -0.1) is 0 Å². The van der Waals surface area contributed by atoms with Crippen molar-refractivity contribution < 1.29 is 26.7 Å². The van der Waals surface area contributed by atoms with E-state index in [1.165, 1.54) is 18.5 Å². The monoisotopic (exact) mass is 657 g/mol. The van der Waals surface area contributed by atoms with Crippen molar-refractivity contribution in [2.45, 2.75) is 50.2 Å². The Morgan fingerprint density at radius 2 is 1.83 bits per heavy atom. The maximum absolute atomic E-state index is 14.9. The van der Waals surface area contributed by atoms with Gasteiger partial charge in [0, 0.05) is 38.8 Å². The number of hydrogen-bond donors (Lipinski definition) is 2. The van der Waals surface area contributed by atoms with Gasteiger partial charge in [-0.05, 0) is 68.7 Å². The van der Waals surface area contributed by atoms with E-state index in [-0.39, 0.29) is 23.7 Å². The third kappa shape index (κ3) is 7.08. The van der Waals surface area contributed by atoms with Crippen LogP contribution in [0.1, 0.15) is 52.9 Å². The molecule has 46 heavy (non-hydrogen) atoms. The summed E-state index contributed by atoms with van der Waals surface area (Å²) >= 11 is 0. The Kier molecular flexibility index (Phi) is 9.52. The summed E-state index contributed by atoms with van der Waals surface area (Å²) in [6, 6.07) is 11.3. The largest absolute Gasteiger partial charge is 0.495 e. The molecule has 2 aliphatic rings. The van der Waals surface area contributed by atoms with Crippen LogP contribution in [0.4, 0.5) is 26.2 Å². The Morgan fingerprint density at radius 3 is 2.48 bits per heavy atom. The van der Waals surface area contributed by atoms with E-state index in [9.17, 15) is 22.0 Å². The van der Waals surface area contributed by atoms with E-state index in [2.05, 4.69) is 32.5 Å². The van der Waals surface area contributed by atoms with E-state index < -0.39 is 33.6 Å². The molecule has 3 aromatic rings. The van der Waals surface area contributed by atoms with E-state index in [1.807, 2.05) is 24.3 Å². The number of likely N-dealkylation sites (tertiary alicyclic amines) is 1. The van der Waals surface area contributed by atoms with Gasteiger partial charge in [-0.3, -0.25) is 4.79 Å². The van der Waals surface area contributed by atoms with E-state index in [0.29, 0.717) is 23.4 Å². The van der Waals surface area contributed by atoms with Gasteiger partial charge in [0.15, 0.2) is 0 Å². The van der Waals surface area contributed by atoms with E-state index in [1.54, 1.807) is 30.1 Å². The summed E-state index contributed by atoms with van der Waals surface area (Å²) in [6.45, 7) is 2.58. The lowest BCUT2D eigenvalue weighted by Gasteiger charge is -2.35. The van der Waals surface area contributed by atoms with Crippen molar-refractivity contribution in [3.05, 3.63) is 70.9 Å². The molecule has 0 radical (unpaired) electrons. The van der Waals surface area contributed by atoms with Crippen molar-refractivity contribution >= 4 is 33.4 Å². The second kappa shape index (κ2) is 13.1. The van der Waals surface area contributed by atoms with Crippen molar-refractivity contribution in [3.63, 3.8) is 0 Å². The Balaban J connectivity index is 1.45. The number of likely N-dealkylation sites (N-methyl/N-ethyl adjacent to an activating group) is 1. The summed E-state index contributed by atoms with van der Waals surface area (Å²) in [5.74, 6) is -3.19. The van der Waals surface area contributed by atoms with Crippen LogP contribution >= 0.6 is 0 Å². The number of anilines is 3. The van der Waals surface area contributed by atoms with Gasteiger partial charge in [-0.25, -0.2) is 22.2 Å². The Bertz CT molecular complexity index is 1690. The summed E-state index contributed by atoms with van der Waals surface area (Å²) in [6.07, 6.45) is 4.31. The molecule has 0 spiro atoms. The van der Waals surface area contributed by atoms with Crippen molar-refractivity contribution in [1.82, 2.24) is 24.1 Å². The van der Waals surface area contributed by atoms with Gasteiger partial charge in [0.25, 0.3) is 11.8 Å². The number of halogens is 2. The average molecular weight is 658 g/mol. The third-order valence-electron chi connectivity index (χ3n) is 8.94. The summed E-state index contributed by atoms with van der Waals surface area (Å²) in [5, 5.41) is 6.18. The number of carbonyl (C=O) groups excluding carboxylic acids is 1. The van der Waals surface area contributed by atoms with Gasteiger partial charge < -0.3 is 25.2 Å². The molecule has 248 valence electrons. The molecule has 0 saturated carbocycles. The van der Waals surface area contributed by atoms with Crippen LogP contribution in [0.2, 0.25) is 0 Å². The molecule has 1 saturated heterocycles. The summed E-state index contributed by atoms with van der Waals surface area (Å²) < 4.78 is 61.7. The fourth-order valence-electron chi connectivity index (χ4n) is 6.22. The van der Waals surface area contributed by atoms with Crippen molar-refractivity contribution in [2.24, 2.45) is 0 Å². The lowest BCUT2D eigenvalue weighted by molar-refractivity contribution is 0.0175. The van der Waals surface area contributed by atoms with Gasteiger partial charge >= 0.3 is 0 Å². The normalized spacial score (nSPS) is 19.2. The molecule has 2 atom stereocenters. The number of methoxy groups -OCH3 is 1. The molecule has 1 aromatic heterocycles. The molecular formula is C32H41F2N7O4S. The molecule has 2 heterocycles. The van der Waals surface area contributed by atoms with E-state index in [0.717, 1.165) is 56.4 Å². The number of hydrogen-bond acceptors (Lipinski definition) is 9.